The van der Waals surface area contributed by atoms with Crippen molar-refractivity contribution in [1.29, 1.82) is 0 Å². The van der Waals surface area contributed by atoms with Crippen LogP contribution in [0.4, 0.5) is 16.2 Å². The summed E-state index contributed by atoms with van der Waals surface area (Å²) >= 11 is 1.88. The molecule has 0 spiro atoms. The van der Waals surface area contributed by atoms with Crippen LogP contribution < -0.4 is 10.2 Å². The van der Waals surface area contributed by atoms with Crippen LogP contribution in [-0.2, 0) is 4.79 Å². The number of carbonyl (C=O) groups is 2. The van der Waals surface area contributed by atoms with E-state index in [2.05, 4.69) is 18.5 Å². The highest BCUT2D eigenvalue weighted by Gasteiger charge is 2.29. The third kappa shape index (κ3) is 4.29. The SMILES string of the molecule is CSCC1CCN(C(=O)Nc2cccc(N3C(=O)CC[C@@H]3C)c2)CC1. The molecule has 2 heterocycles. The normalized spacial score (nSPS) is 21.7. The Bertz CT molecular complexity index is 629. The fourth-order valence-corrected chi connectivity index (χ4v) is 4.51. The monoisotopic (exact) mass is 361 g/mol. The molecule has 3 rings (SSSR count). The molecule has 2 aliphatic rings. The molecular formula is C19H27N3O2S. The second-order valence-electron chi connectivity index (χ2n) is 7.02. The third-order valence-corrected chi connectivity index (χ3v) is 5.97. The molecule has 1 aromatic rings. The first-order valence-corrected chi connectivity index (χ1v) is 10.4. The number of nitrogens with zero attached hydrogens (tertiary/aromatic N) is 2. The highest BCUT2D eigenvalue weighted by Crippen LogP contribution is 2.28. The van der Waals surface area contributed by atoms with E-state index in [1.807, 2.05) is 45.8 Å². The van der Waals surface area contributed by atoms with Crippen LogP contribution in [0.25, 0.3) is 0 Å². The number of amides is 3. The topological polar surface area (TPSA) is 52.7 Å². The van der Waals surface area contributed by atoms with Crippen molar-refractivity contribution in [3.05, 3.63) is 24.3 Å². The van der Waals surface area contributed by atoms with E-state index in [0.29, 0.717) is 6.42 Å². The smallest absolute Gasteiger partial charge is 0.321 e. The van der Waals surface area contributed by atoms with Crippen molar-refractivity contribution in [2.75, 3.05) is 35.3 Å². The van der Waals surface area contributed by atoms with Crippen LogP contribution in [0.15, 0.2) is 24.3 Å². The first-order valence-electron chi connectivity index (χ1n) is 9.05. The molecule has 1 aromatic carbocycles. The largest absolute Gasteiger partial charge is 0.325 e. The van der Waals surface area contributed by atoms with Crippen molar-refractivity contribution in [3.8, 4) is 0 Å². The molecule has 2 aliphatic heterocycles. The molecule has 25 heavy (non-hydrogen) atoms. The maximum absolute atomic E-state index is 12.5. The number of anilines is 2. The summed E-state index contributed by atoms with van der Waals surface area (Å²) in [6.45, 7) is 3.70. The predicted octanol–water partition coefficient (Wildman–Crippen LogP) is 3.81. The quantitative estimate of drug-likeness (QED) is 0.887. The van der Waals surface area contributed by atoms with Gasteiger partial charge in [0.05, 0.1) is 0 Å². The highest BCUT2D eigenvalue weighted by atomic mass is 32.2. The minimum Gasteiger partial charge on any atom is -0.325 e. The molecule has 0 radical (unpaired) electrons. The Morgan fingerprint density at radius 1 is 1.28 bits per heavy atom. The van der Waals surface area contributed by atoms with Gasteiger partial charge in [0.1, 0.15) is 0 Å². The molecule has 1 N–H and O–H groups in total. The summed E-state index contributed by atoms with van der Waals surface area (Å²) in [6.07, 6.45) is 5.78. The zero-order chi connectivity index (χ0) is 17.8. The van der Waals surface area contributed by atoms with Gasteiger partial charge in [-0.25, -0.2) is 4.79 Å². The molecule has 0 bridgehead atoms. The standard InChI is InChI=1S/C19H27N3O2S/c1-14-6-7-18(23)22(14)17-5-3-4-16(12-17)20-19(24)21-10-8-15(9-11-21)13-25-2/h3-5,12,14-15H,6-11,13H2,1-2H3,(H,20,24)/t14-/m0/s1. The van der Waals surface area contributed by atoms with Crippen LogP contribution in [0.2, 0.25) is 0 Å². The molecular weight excluding hydrogens is 334 g/mol. The molecule has 1 atom stereocenters. The second-order valence-corrected chi connectivity index (χ2v) is 7.93. The number of rotatable bonds is 4. The Balaban J connectivity index is 1.61. The Morgan fingerprint density at radius 2 is 2.04 bits per heavy atom. The lowest BCUT2D eigenvalue weighted by Gasteiger charge is -2.31. The van der Waals surface area contributed by atoms with Crippen LogP contribution in [0, 0.1) is 5.92 Å². The van der Waals surface area contributed by atoms with Crippen LogP contribution in [0.1, 0.15) is 32.6 Å². The number of urea groups is 1. The first-order chi connectivity index (χ1) is 12.1. The minimum atomic E-state index is -0.0412. The molecule has 2 saturated heterocycles. The van der Waals surface area contributed by atoms with E-state index in [1.165, 1.54) is 5.75 Å². The van der Waals surface area contributed by atoms with E-state index in [9.17, 15) is 9.59 Å². The van der Waals surface area contributed by atoms with Crippen molar-refractivity contribution in [3.63, 3.8) is 0 Å². The zero-order valence-corrected chi connectivity index (χ0v) is 15.8. The molecule has 0 aromatic heterocycles. The number of likely N-dealkylation sites (tertiary alicyclic amines) is 1. The van der Waals surface area contributed by atoms with Gasteiger partial charge in [0.15, 0.2) is 0 Å². The van der Waals surface area contributed by atoms with E-state index >= 15 is 0 Å². The summed E-state index contributed by atoms with van der Waals surface area (Å²) in [4.78, 5) is 28.3. The van der Waals surface area contributed by atoms with Crippen molar-refractivity contribution in [1.82, 2.24) is 4.90 Å². The van der Waals surface area contributed by atoms with Gasteiger partial charge in [-0.2, -0.15) is 11.8 Å². The lowest BCUT2D eigenvalue weighted by atomic mass is 9.99. The summed E-state index contributed by atoms with van der Waals surface area (Å²) in [5, 5.41) is 3.00. The average molecular weight is 362 g/mol. The molecule has 5 nitrogen and oxygen atoms in total. The number of carbonyl (C=O) groups excluding carboxylic acids is 2. The number of benzene rings is 1. The van der Waals surface area contributed by atoms with Crippen LogP contribution in [0.5, 0.6) is 0 Å². The van der Waals surface area contributed by atoms with Gasteiger partial charge < -0.3 is 15.1 Å². The van der Waals surface area contributed by atoms with Gasteiger partial charge in [-0.1, -0.05) is 6.07 Å². The van der Waals surface area contributed by atoms with Crippen LogP contribution in [-0.4, -0.2) is 48.0 Å². The van der Waals surface area contributed by atoms with E-state index < -0.39 is 0 Å². The van der Waals surface area contributed by atoms with Crippen molar-refractivity contribution >= 4 is 35.1 Å². The summed E-state index contributed by atoms with van der Waals surface area (Å²) in [6, 6.07) is 7.79. The van der Waals surface area contributed by atoms with E-state index in [0.717, 1.165) is 49.6 Å². The summed E-state index contributed by atoms with van der Waals surface area (Å²) < 4.78 is 0. The molecule has 0 saturated carbocycles. The van der Waals surface area contributed by atoms with E-state index in [4.69, 9.17) is 0 Å². The third-order valence-electron chi connectivity index (χ3n) is 5.17. The van der Waals surface area contributed by atoms with Gasteiger partial charge in [-0.3, -0.25) is 4.79 Å². The summed E-state index contributed by atoms with van der Waals surface area (Å²) in [7, 11) is 0. The maximum Gasteiger partial charge on any atom is 0.321 e. The van der Waals surface area contributed by atoms with Gasteiger partial charge in [0, 0.05) is 36.9 Å². The molecule has 2 fully saturated rings. The van der Waals surface area contributed by atoms with Crippen LogP contribution >= 0.6 is 11.8 Å². The Labute approximate surface area is 154 Å². The zero-order valence-electron chi connectivity index (χ0n) is 15.0. The van der Waals surface area contributed by atoms with Gasteiger partial charge >= 0.3 is 6.03 Å². The molecule has 0 aliphatic carbocycles. The predicted molar refractivity (Wildman–Crippen MR) is 104 cm³/mol. The molecule has 6 heteroatoms. The van der Waals surface area contributed by atoms with E-state index in [1.54, 1.807) is 0 Å². The summed E-state index contributed by atoms with van der Waals surface area (Å²) in [5.74, 6) is 2.07. The highest BCUT2D eigenvalue weighted by molar-refractivity contribution is 7.98. The lowest BCUT2D eigenvalue weighted by Crippen LogP contribution is -2.41. The average Bonchev–Trinajstić information content (AvgIpc) is 2.94. The number of hydrogen-bond acceptors (Lipinski definition) is 3. The number of piperidine rings is 1. The second kappa shape index (κ2) is 8.13. The fraction of sp³-hybridized carbons (Fsp3) is 0.579. The number of thioether (sulfide) groups is 1. The van der Waals surface area contributed by atoms with Crippen LogP contribution in [0.3, 0.4) is 0 Å². The molecule has 3 amide bonds. The summed E-state index contributed by atoms with van der Waals surface area (Å²) in [5.41, 5.74) is 1.62. The first kappa shape index (κ1) is 18.1. The maximum atomic E-state index is 12.5. The van der Waals surface area contributed by atoms with Gasteiger partial charge in [0.25, 0.3) is 0 Å². The van der Waals surface area contributed by atoms with Crippen molar-refractivity contribution in [2.45, 2.75) is 38.6 Å². The Morgan fingerprint density at radius 3 is 2.68 bits per heavy atom. The number of hydrogen-bond donors (Lipinski definition) is 1. The molecule has 136 valence electrons. The fourth-order valence-electron chi connectivity index (χ4n) is 3.70. The van der Waals surface area contributed by atoms with Gasteiger partial charge in [-0.15, -0.1) is 0 Å². The van der Waals surface area contributed by atoms with Crippen molar-refractivity contribution in [2.24, 2.45) is 5.92 Å². The molecule has 0 unspecified atom stereocenters. The van der Waals surface area contributed by atoms with E-state index in [-0.39, 0.29) is 18.0 Å². The number of nitrogens with one attached hydrogen (secondary N) is 1. The minimum absolute atomic E-state index is 0.0412. The lowest BCUT2D eigenvalue weighted by molar-refractivity contribution is -0.117. The van der Waals surface area contributed by atoms with Gasteiger partial charge in [0.2, 0.25) is 5.91 Å². The Kier molecular flexibility index (Phi) is 5.89. The Hall–Kier alpha value is -1.69. The van der Waals surface area contributed by atoms with Gasteiger partial charge in [-0.05, 0) is 62.3 Å². The van der Waals surface area contributed by atoms with Crippen molar-refractivity contribution < 1.29 is 9.59 Å².